The molecule has 0 unspecified atom stereocenters. The Labute approximate surface area is 135 Å². The smallest absolute Gasteiger partial charge is 0.263 e. The zero-order valence-corrected chi connectivity index (χ0v) is 14.4. The predicted octanol–water partition coefficient (Wildman–Crippen LogP) is 4.63. The van der Waals surface area contributed by atoms with Crippen LogP contribution in [0.3, 0.4) is 0 Å². The van der Waals surface area contributed by atoms with E-state index in [9.17, 15) is 8.42 Å². The fraction of sp³-hybridized carbons (Fsp3) is 0.0769. The van der Waals surface area contributed by atoms with Gasteiger partial charge in [-0.05, 0) is 52.5 Å². The molecule has 0 amide bonds. The molecule has 0 saturated carbocycles. The normalized spacial score (nSPS) is 11.3. The third-order valence-electron chi connectivity index (χ3n) is 2.53. The first kappa shape index (κ1) is 15.7. The Morgan fingerprint density at radius 1 is 1.20 bits per heavy atom. The van der Waals surface area contributed by atoms with Gasteiger partial charge in [0.15, 0.2) is 0 Å². The lowest BCUT2D eigenvalue weighted by atomic mass is 10.3. The molecule has 2 aromatic rings. The Morgan fingerprint density at radius 2 is 1.90 bits per heavy atom. The first-order valence-corrected chi connectivity index (χ1v) is 9.43. The summed E-state index contributed by atoms with van der Waals surface area (Å²) in [6, 6.07) is 11.8. The summed E-state index contributed by atoms with van der Waals surface area (Å²) < 4.78 is 28.2. The molecule has 20 heavy (non-hydrogen) atoms. The fourth-order valence-electron chi connectivity index (χ4n) is 1.60. The van der Waals surface area contributed by atoms with Crippen LogP contribution in [0.5, 0.6) is 0 Å². The van der Waals surface area contributed by atoms with E-state index in [2.05, 4.69) is 20.7 Å². The van der Waals surface area contributed by atoms with Crippen LogP contribution in [0.15, 0.2) is 56.7 Å². The molecule has 0 bridgehead atoms. The number of para-hydroxylation sites is 1. The largest absolute Gasteiger partial charge is 0.278 e. The van der Waals surface area contributed by atoms with Crippen molar-refractivity contribution in [2.24, 2.45) is 0 Å². The number of nitrogens with one attached hydrogen (secondary N) is 1. The van der Waals surface area contributed by atoms with Crippen LogP contribution in [0, 0.1) is 0 Å². The number of sulfonamides is 1. The SMILES string of the molecule is CSc1ccc(Cl)cc1S(=O)(=O)Nc1ccccc1Br. The van der Waals surface area contributed by atoms with E-state index in [0.717, 1.165) is 0 Å². The molecule has 0 aliphatic carbocycles. The highest BCUT2D eigenvalue weighted by Crippen LogP contribution is 2.30. The maximum Gasteiger partial charge on any atom is 0.263 e. The van der Waals surface area contributed by atoms with Gasteiger partial charge >= 0.3 is 0 Å². The van der Waals surface area contributed by atoms with Gasteiger partial charge in [-0.2, -0.15) is 0 Å². The summed E-state index contributed by atoms with van der Waals surface area (Å²) in [6.45, 7) is 0. The van der Waals surface area contributed by atoms with Crippen LogP contribution in [-0.4, -0.2) is 14.7 Å². The Hall–Kier alpha value is -0.690. The van der Waals surface area contributed by atoms with Crippen molar-refractivity contribution in [2.45, 2.75) is 9.79 Å². The standard InChI is InChI=1S/C13H11BrClNO2S2/c1-19-12-7-6-9(15)8-13(12)20(17,18)16-11-5-3-2-4-10(11)14/h2-8,16H,1H3. The number of hydrogen-bond donors (Lipinski definition) is 1. The summed E-state index contributed by atoms with van der Waals surface area (Å²) in [5, 5.41) is 0.385. The van der Waals surface area contributed by atoms with Gasteiger partial charge in [-0.15, -0.1) is 11.8 Å². The van der Waals surface area contributed by atoms with E-state index in [-0.39, 0.29) is 4.90 Å². The van der Waals surface area contributed by atoms with Crippen molar-refractivity contribution in [1.82, 2.24) is 0 Å². The van der Waals surface area contributed by atoms with Crippen LogP contribution in [0.25, 0.3) is 0 Å². The minimum absolute atomic E-state index is 0.174. The fourth-order valence-corrected chi connectivity index (χ4v) is 4.59. The van der Waals surface area contributed by atoms with Gasteiger partial charge < -0.3 is 0 Å². The molecular weight excluding hydrogens is 382 g/mol. The van der Waals surface area contributed by atoms with E-state index in [1.807, 2.05) is 12.3 Å². The zero-order valence-electron chi connectivity index (χ0n) is 10.4. The number of hydrogen-bond acceptors (Lipinski definition) is 3. The highest BCUT2D eigenvalue weighted by molar-refractivity contribution is 9.10. The van der Waals surface area contributed by atoms with E-state index in [4.69, 9.17) is 11.6 Å². The van der Waals surface area contributed by atoms with Gasteiger partial charge in [-0.25, -0.2) is 8.42 Å². The monoisotopic (exact) mass is 391 g/mol. The highest BCUT2D eigenvalue weighted by Gasteiger charge is 2.19. The third-order valence-corrected chi connectivity index (χ3v) is 5.79. The third kappa shape index (κ3) is 3.49. The molecule has 0 aliphatic heterocycles. The molecule has 0 atom stereocenters. The molecular formula is C13H11BrClNO2S2. The summed E-state index contributed by atoms with van der Waals surface area (Å²) >= 11 is 10.6. The lowest BCUT2D eigenvalue weighted by Crippen LogP contribution is -2.14. The average Bonchev–Trinajstić information content (AvgIpc) is 2.41. The first-order valence-electron chi connectivity index (χ1n) is 5.55. The van der Waals surface area contributed by atoms with E-state index in [1.54, 1.807) is 30.3 Å². The Morgan fingerprint density at radius 3 is 2.55 bits per heavy atom. The number of benzene rings is 2. The minimum Gasteiger partial charge on any atom is -0.278 e. The quantitative estimate of drug-likeness (QED) is 0.772. The second-order valence-electron chi connectivity index (χ2n) is 3.88. The summed E-state index contributed by atoms with van der Waals surface area (Å²) in [7, 11) is -3.69. The van der Waals surface area contributed by atoms with Gasteiger partial charge in [-0.3, -0.25) is 4.72 Å². The van der Waals surface area contributed by atoms with Gasteiger partial charge in [0.25, 0.3) is 10.0 Å². The molecule has 1 N–H and O–H groups in total. The van der Waals surface area contributed by atoms with E-state index in [0.29, 0.717) is 20.1 Å². The molecule has 0 radical (unpaired) electrons. The summed E-state index contributed by atoms with van der Waals surface area (Å²) in [5.41, 5.74) is 0.486. The summed E-state index contributed by atoms with van der Waals surface area (Å²) in [4.78, 5) is 0.821. The van der Waals surface area contributed by atoms with Gasteiger partial charge in [0.1, 0.15) is 4.90 Å². The second kappa shape index (κ2) is 6.39. The molecule has 0 aromatic heterocycles. The van der Waals surface area contributed by atoms with Crippen molar-refractivity contribution in [1.29, 1.82) is 0 Å². The van der Waals surface area contributed by atoms with Crippen LogP contribution in [0.2, 0.25) is 5.02 Å². The van der Waals surface area contributed by atoms with Crippen molar-refractivity contribution < 1.29 is 8.42 Å². The Balaban J connectivity index is 2.46. The second-order valence-corrected chi connectivity index (χ2v) is 7.67. The van der Waals surface area contributed by atoms with Crippen molar-refractivity contribution in [3.05, 3.63) is 52.0 Å². The molecule has 0 aliphatic rings. The summed E-state index contributed by atoms with van der Waals surface area (Å²) in [5.74, 6) is 0. The maximum absolute atomic E-state index is 12.5. The number of halogens is 2. The lowest BCUT2D eigenvalue weighted by Gasteiger charge is -2.12. The van der Waals surface area contributed by atoms with Crippen molar-refractivity contribution in [3.63, 3.8) is 0 Å². The van der Waals surface area contributed by atoms with Crippen LogP contribution in [0.1, 0.15) is 0 Å². The molecule has 3 nitrogen and oxygen atoms in total. The summed E-state index contributed by atoms with van der Waals surface area (Å²) in [6.07, 6.45) is 1.82. The maximum atomic E-state index is 12.5. The highest BCUT2D eigenvalue weighted by atomic mass is 79.9. The molecule has 2 rings (SSSR count). The average molecular weight is 393 g/mol. The number of rotatable bonds is 4. The Bertz CT molecular complexity index is 735. The van der Waals surface area contributed by atoms with E-state index in [1.165, 1.54) is 17.8 Å². The lowest BCUT2D eigenvalue weighted by molar-refractivity contribution is 0.599. The van der Waals surface area contributed by atoms with Crippen LogP contribution < -0.4 is 4.72 Å². The molecule has 0 fully saturated rings. The molecule has 0 saturated heterocycles. The van der Waals surface area contributed by atoms with Crippen LogP contribution in [-0.2, 0) is 10.0 Å². The van der Waals surface area contributed by atoms with Gasteiger partial charge in [0.05, 0.1) is 5.69 Å². The topological polar surface area (TPSA) is 46.2 Å². The van der Waals surface area contributed by atoms with Gasteiger partial charge in [-0.1, -0.05) is 23.7 Å². The first-order chi connectivity index (χ1) is 9.44. The van der Waals surface area contributed by atoms with E-state index >= 15 is 0 Å². The van der Waals surface area contributed by atoms with Gasteiger partial charge in [0.2, 0.25) is 0 Å². The van der Waals surface area contributed by atoms with Crippen molar-refractivity contribution in [2.75, 3.05) is 11.0 Å². The molecule has 0 spiro atoms. The predicted molar refractivity (Wildman–Crippen MR) is 88.2 cm³/mol. The molecule has 0 heterocycles. The molecule has 106 valence electrons. The number of thioether (sulfide) groups is 1. The van der Waals surface area contributed by atoms with Crippen molar-refractivity contribution in [3.8, 4) is 0 Å². The number of anilines is 1. The van der Waals surface area contributed by atoms with E-state index < -0.39 is 10.0 Å². The Kier molecular flexibility index (Phi) is 5.01. The van der Waals surface area contributed by atoms with Crippen molar-refractivity contribution >= 4 is 55.0 Å². The van der Waals surface area contributed by atoms with Crippen LogP contribution in [0.4, 0.5) is 5.69 Å². The molecule has 7 heteroatoms. The van der Waals surface area contributed by atoms with Gasteiger partial charge in [0, 0.05) is 14.4 Å². The zero-order chi connectivity index (χ0) is 14.8. The minimum atomic E-state index is -3.69. The van der Waals surface area contributed by atoms with Crippen LogP contribution >= 0.6 is 39.3 Å². The molecule has 2 aromatic carbocycles.